The van der Waals surface area contributed by atoms with Crippen molar-refractivity contribution in [2.75, 3.05) is 0 Å². The van der Waals surface area contributed by atoms with Gasteiger partial charge in [0.05, 0.1) is 6.04 Å². The van der Waals surface area contributed by atoms with E-state index in [0.29, 0.717) is 25.1 Å². The first-order valence-corrected chi connectivity index (χ1v) is 6.30. The monoisotopic (exact) mass is 261 g/mol. The maximum atomic E-state index is 12.3. The van der Waals surface area contributed by atoms with Gasteiger partial charge in [-0.25, -0.2) is 0 Å². The summed E-state index contributed by atoms with van der Waals surface area (Å²) in [6, 6.07) is 1.56. The number of carbonyl (C=O) groups excluding carboxylic acids is 2. The number of aliphatic hydroxyl groups excluding tert-OH is 1. The second kappa shape index (κ2) is 4.31. The fraction of sp³-hybridized carbons (Fsp3) is 0.462. The maximum absolute atomic E-state index is 12.3. The molecule has 2 amide bonds. The predicted octanol–water partition coefficient (Wildman–Crippen LogP) is -0.0572. The number of amides is 2. The quantitative estimate of drug-likeness (QED) is 0.742. The Labute approximate surface area is 110 Å². The Morgan fingerprint density at radius 3 is 3.00 bits per heavy atom. The summed E-state index contributed by atoms with van der Waals surface area (Å²) in [5.41, 5.74) is 2.34. The third-order valence-electron chi connectivity index (χ3n) is 3.65. The van der Waals surface area contributed by atoms with Crippen molar-refractivity contribution in [3.8, 4) is 0 Å². The number of aromatic nitrogens is 1. The number of nitrogens with one attached hydrogen (secondary N) is 1. The summed E-state index contributed by atoms with van der Waals surface area (Å²) in [5.74, 6) is -0.350. The normalized spacial score (nSPS) is 26.3. The fourth-order valence-corrected chi connectivity index (χ4v) is 2.70. The van der Waals surface area contributed by atoms with Gasteiger partial charge in [-0.1, -0.05) is 6.07 Å². The Morgan fingerprint density at radius 1 is 1.47 bits per heavy atom. The molecule has 100 valence electrons. The van der Waals surface area contributed by atoms with Crippen LogP contribution in [0.25, 0.3) is 0 Å². The first-order chi connectivity index (χ1) is 9.06. The van der Waals surface area contributed by atoms with Crippen LogP contribution in [0.4, 0.5) is 0 Å². The molecule has 3 heterocycles. The van der Waals surface area contributed by atoms with E-state index in [4.69, 9.17) is 0 Å². The van der Waals surface area contributed by atoms with Crippen LogP contribution in [0.1, 0.15) is 34.5 Å². The zero-order chi connectivity index (χ0) is 13.6. The van der Waals surface area contributed by atoms with E-state index < -0.39 is 6.23 Å². The summed E-state index contributed by atoms with van der Waals surface area (Å²) in [7, 11) is 0. The lowest BCUT2D eigenvalue weighted by atomic mass is 10.0. The minimum Gasteiger partial charge on any atom is -0.372 e. The summed E-state index contributed by atoms with van der Waals surface area (Å²) < 4.78 is 0. The van der Waals surface area contributed by atoms with Gasteiger partial charge in [0.15, 0.2) is 0 Å². The van der Waals surface area contributed by atoms with Crippen LogP contribution in [-0.4, -0.2) is 39.1 Å². The van der Waals surface area contributed by atoms with Crippen LogP contribution in [0.15, 0.2) is 12.3 Å². The molecule has 6 heteroatoms. The highest BCUT2D eigenvalue weighted by Crippen LogP contribution is 2.27. The van der Waals surface area contributed by atoms with Crippen molar-refractivity contribution in [1.82, 2.24) is 15.2 Å². The Morgan fingerprint density at radius 2 is 2.26 bits per heavy atom. The van der Waals surface area contributed by atoms with Crippen molar-refractivity contribution in [3.05, 3.63) is 29.1 Å². The number of piperidine rings is 1. The summed E-state index contributed by atoms with van der Waals surface area (Å²) in [6.07, 6.45) is 1.47. The van der Waals surface area contributed by atoms with E-state index >= 15 is 0 Å². The number of carbonyl (C=O) groups is 2. The van der Waals surface area contributed by atoms with Crippen molar-refractivity contribution in [2.45, 2.75) is 38.6 Å². The Bertz CT molecular complexity index is 558. The number of nitrogens with zero attached hydrogens (tertiary/aromatic N) is 2. The van der Waals surface area contributed by atoms with Gasteiger partial charge in [0.1, 0.15) is 11.9 Å². The van der Waals surface area contributed by atoms with Crippen LogP contribution in [-0.2, 0) is 11.3 Å². The molecule has 2 unspecified atom stereocenters. The third kappa shape index (κ3) is 1.98. The number of pyridine rings is 1. The minimum atomic E-state index is -0.999. The van der Waals surface area contributed by atoms with Crippen LogP contribution in [0.5, 0.6) is 0 Å². The van der Waals surface area contributed by atoms with E-state index in [1.54, 1.807) is 11.1 Å². The van der Waals surface area contributed by atoms with E-state index in [9.17, 15) is 14.7 Å². The fourth-order valence-electron chi connectivity index (χ4n) is 2.70. The Kier molecular flexibility index (Phi) is 2.74. The number of rotatable bonds is 1. The molecule has 1 saturated heterocycles. The molecule has 1 aromatic heterocycles. The zero-order valence-electron chi connectivity index (χ0n) is 10.6. The first kappa shape index (κ1) is 12.1. The van der Waals surface area contributed by atoms with Gasteiger partial charge in [-0.15, -0.1) is 0 Å². The highest BCUT2D eigenvalue weighted by atomic mass is 16.3. The largest absolute Gasteiger partial charge is 0.372 e. The number of aryl methyl sites for hydroxylation is 1. The molecular formula is C13H15N3O3. The van der Waals surface area contributed by atoms with Gasteiger partial charge >= 0.3 is 0 Å². The predicted molar refractivity (Wildman–Crippen MR) is 66.0 cm³/mol. The van der Waals surface area contributed by atoms with Gasteiger partial charge in [0.2, 0.25) is 5.91 Å². The van der Waals surface area contributed by atoms with Crippen molar-refractivity contribution < 1.29 is 14.7 Å². The molecule has 0 aromatic carbocycles. The number of fused-ring (bicyclic) bond motifs is 1. The molecule has 1 fully saturated rings. The summed E-state index contributed by atoms with van der Waals surface area (Å²) in [5, 5.41) is 12.4. The summed E-state index contributed by atoms with van der Waals surface area (Å²) >= 11 is 0. The molecule has 0 spiro atoms. The SMILES string of the molecule is Cc1cnc2c(c1)CN(C1CCC(=O)NC1O)C2=O. The molecule has 2 N–H and O–H groups in total. The lowest BCUT2D eigenvalue weighted by Gasteiger charge is -2.34. The summed E-state index contributed by atoms with van der Waals surface area (Å²) in [6.45, 7) is 2.37. The van der Waals surface area contributed by atoms with Gasteiger partial charge in [-0.2, -0.15) is 0 Å². The highest BCUT2D eigenvalue weighted by Gasteiger charge is 2.39. The molecule has 0 saturated carbocycles. The van der Waals surface area contributed by atoms with Gasteiger partial charge in [-0.05, 0) is 18.9 Å². The maximum Gasteiger partial charge on any atom is 0.273 e. The molecule has 2 aliphatic heterocycles. The van der Waals surface area contributed by atoms with Crippen LogP contribution >= 0.6 is 0 Å². The number of hydrogen-bond donors (Lipinski definition) is 2. The van der Waals surface area contributed by atoms with Gasteiger partial charge < -0.3 is 15.3 Å². The standard InChI is InChI=1S/C13H15N3O3/c1-7-4-8-6-16(13(19)11(8)14-5-7)9-2-3-10(17)15-12(9)18/h4-5,9,12,18H,2-3,6H2,1H3,(H,15,17). The van der Waals surface area contributed by atoms with Crippen LogP contribution in [0.3, 0.4) is 0 Å². The van der Waals surface area contributed by atoms with Crippen LogP contribution in [0, 0.1) is 6.92 Å². The van der Waals surface area contributed by atoms with Crippen LogP contribution in [0.2, 0.25) is 0 Å². The van der Waals surface area contributed by atoms with Gasteiger partial charge in [0.25, 0.3) is 5.91 Å². The third-order valence-corrected chi connectivity index (χ3v) is 3.65. The molecule has 1 aromatic rings. The van der Waals surface area contributed by atoms with Crippen LogP contribution < -0.4 is 5.32 Å². The van der Waals surface area contributed by atoms with Crippen molar-refractivity contribution in [3.63, 3.8) is 0 Å². The molecule has 0 aliphatic carbocycles. The first-order valence-electron chi connectivity index (χ1n) is 6.30. The van der Waals surface area contributed by atoms with Crippen molar-refractivity contribution in [1.29, 1.82) is 0 Å². The lowest BCUT2D eigenvalue weighted by Crippen LogP contribution is -2.55. The van der Waals surface area contributed by atoms with E-state index in [1.165, 1.54) is 0 Å². The van der Waals surface area contributed by atoms with Crippen molar-refractivity contribution >= 4 is 11.8 Å². The lowest BCUT2D eigenvalue weighted by molar-refractivity contribution is -0.129. The average molecular weight is 261 g/mol. The smallest absolute Gasteiger partial charge is 0.273 e. The summed E-state index contributed by atoms with van der Waals surface area (Å²) in [4.78, 5) is 29.2. The molecule has 19 heavy (non-hydrogen) atoms. The Hall–Kier alpha value is -1.95. The molecule has 0 bridgehead atoms. The van der Waals surface area contributed by atoms with E-state index in [1.807, 2.05) is 13.0 Å². The molecule has 2 atom stereocenters. The topological polar surface area (TPSA) is 82.5 Å². The molecule has 0 radical (unpaired) electrons. The van der Waals surface area contributed by atoms with Gasteiger partial charge in [0, 0.05) is 24.7 Å². The molecule has 2 aliphatic rings. The second-order valence-electron chi connectivity index (χ2n) is 5.07. The second-order valence-corrected chi connectivity index (χ2v) is 5.07. The molecular weight excluding hydrogens is 246 g/mol. The number of aliphatic hydroxyl groups is 1. The van der Waals surface area contributed by atoms with E-state index in [-0.39, 0.29) is 17.9 Å². The molecule has 3 rings (SSSR count). The van der Waals surface area contributed by atoms with Gasteiger partial charge in [-0.3, -0.25) is 14.6 Å². The van der Waals surface area contributed by atoms with E-state index in [2.05, 4.69) is 10.3 Å². The minimum absolute atomic E-state index is 0.171. The Balaban J connectivity index is 1.85. The zero-order valence-corrected chi connectivity index (χ0v) is 10.6. The number of hydrogen-bond acceptors (Lipinski definition) is 4. The van der Waals surface area contributed by atoms with E-state index in [0.717, 1.165) is 11.1 Å². The molecule has 6 nitrogen and oxygen atoms in total. The highest BCUT2D eigenvalue weighted by molar-refractivity contribution is 5.96. The van der Waals surface area contributed by atoms with Crippen molar-refractivity contribution in [2.24, 2.45) is 0 Å². The average Bonchev–Trinajstić information content (AvgIpc) is 2.66.